The van der Waals surface area contributed by atoms with Crippen molar-refractivity contribution < 1.29 is 13.2 Å². The van der Waals surface area contributed by atoms with Crippen molar-refractivity contribution >= 4 is 9.84 Å². The zero-order chi connectivity index (χ0) is 12.0. The Morgan fingerprint density at radius 1 is 1.38 bits per heavy atom. The first-order valence-corrected chi connectivity index (χ1v) is 8.21. The summed E-state index contributed by atoms with van der Waals surface area (Å²) in [5, 5.41) is 0. The molecule has 1 rings (SSSR count). The molecule has 2 atom stereocenters. The Morgan fingerprint density at radius 2 is 2.12 bits per heavy atom. The maximum atomic E-state index is 11.2. The summed E-state index contributed by atoms with van der Waals surface area (Å²) in [6.07, 6.45) is 5.43. The molecule has 0 N–H and O–H groups in total. The van der Waals surface area contributed by atoms with Gasteiger partial charge >= 0.3 is 0 Å². The van der Waals surface area contributed by atoms with Gasteiger partial charge in [-0.25, -0.2) is 8.42 Å². The average Bonchev–Trinajstić information content (AvgIpc) is 2.59. The fourth-order valence-corrected chi connectivity index (χ4v) is 3.68. The number of rotatable bonds is 7. The number of sulfone groups is 1. The summed E-state index contributed by atoms with van der Waals surface area (Å²) in [5.41, 5.74) is 0. The van der Waals surface area contributed by atoms with Crippen molar-refractivity contribution in [2.24, 2.45) is 5.92 Å². The molecular weight excluding hydrogens is 224 g/mol. The lowest BCUT2D eigenvalue weighted by molar-refractivity contribution is 0.0409. The Hall–Kier alpha value is -0.0900. The van der Waals surface area contributed by atoms with Crippen LogP contribution in [0.1, 0.15) is 46.0 Å². The molecule has 1 aliphatic heterocycles. The molecule has 3 nitrogen and oxygen atoms in total. The smallest absolute Gasteiger partial charge is 0.152 e. The van der Waals surface area contributed by atoms with Gasteiger partial charge in [-0.3, -0.25) is 0 Å². The summed E-state index contributed by atoms with van der Waals surface area (Å²) in [4.78, 5) is 0. The predicted octanol–water partition coefficient (Wildman–Crippen LogP) is 2.41. The standard InChI is InChI=1S/C12H24O3S/c1-3-5-6-11(4-2)9-15-12-7-8-16(13,14)10-12/h11-12H,3-10H2,1-2H3/t11-,12-/m0/s1. The highest BCUT2D eigenvalue weighted by Gasteiger charge is 2.28. The quantitative estimate of drug-likeness (QED) is 0.695. The third-order valence-electron chi connectivity index (χ3n) is 3.30. The summed E-state index contributed by atoms with van der Waals surface area (Å²) in [6, 6.07) is 0. The van der Waals surface area contributed by atoms with E-state index in [0.717, 1.165) is 13.0 Å². The van der Waals surface area contributed by atoms with Crippen LogP contribution in [0.3, 0.4) is 0 Å². The van der Waals surface area contributed by atoms with E-state index in [9.17, 15) is 8.42 Å². The number of hydrogen-bond acceptors (Lipinski definition) is 3. The Kier molecular flexibility index (Phi) is 5.76. The molecule has 0 bridgehead atoms. The van der Waals surface area contributed by atoms with Crippen molar-refractivity contribution in [1.29, 1.82) is 0 Å². The molecule has 0 unspecified atom stereocenters. The third-order valence-corrected chi connectivity index (χ3v) is 5.04. The van der Waals surface area contributed by atoms with E-state index in [1.807, 2.05) is 0 Å². The molecule has 0 radical (unpaired) electrons. The molecule has 0 amide bonds. The molecule has 1 aliphatic rings. The lowest BCUT2D eigenvalue weighted by Crippen LogP contribution is -2.19. The number of unbranched alkanes of at least 4 members (excludes halogenated alkanes) is 1. The average molecular weight is 248 g/mol. The summed E-state index contributed by atoms with van der Waals surface area (Å²) in [7, 11) is -2.79. The van der Waals surface area contributed by atoms with E-state index in [1.54, 1.807) is 0 Å². The Morgan fingerprint density at radius 3 is 2.62 bits per heavy atom. The molecule has 0 saturated carbocycles. The van der Waals surface area contributed by atoms with Crippen molar-refractivity contribution in [3.63, 3.8) is 0 Å². The lowest BCUT2D eigenvalue weighted by atomic mass is 10.0. The van der Waals surface area contributed by atoms with Gasteiger partial charge in [0.1, 0.15) is 0 Å². The summed E-state index contributed by atoms with van der Waals surface area (Å²) in [5.74, 6) is 1.14. The Labute approximate surface area is 99.5 Å². The van der Waals surface area contributed by atoms with Gasteiger partial charge in [0.05, 0.1) is 17.6 Å². The first-order chi connectivity index (χ1) is 7.57. The third kappa shape index (κ3) is 4.83. The van der Waals surface area contributed by atoms with Crippen LogP contribution in [0.15, 0.2) is 0 Å². The molecular formula is C12H24O3S. The van der Waals surface area contributed by atoms with Crippen LogP contribution in [-0.2, 0) is 14.6 Å². The van der Waals surface area contributed by atoms with Crippen LogP contribution in [-0.4, -0.2) is 32.6 Å². The van der Waals surface area contributed by atoms with Crippen molar-refractivity contribution in [2.75, 3.05) is 18.1 Å². The molecule has 96 valence electrons. The van der Waals surface area contributed by atoms with E-state index in [-0.39, 0.29) is 11.9 Å². The van der Waals surface area contributed by atoms with E-state index >= 15 is 0 Å². The minimum absolute atomic E-state index is 0.0410. The molecule has 1 saturated heterocycles. The van der Waals surface area contributed by atoms with E-state index in [4.69, 9.17) is 4.74 Å². The van der Waals surface area contributed by atoms with Crippen LogP contribution in [0.25, 0.3) is 0 Å². The van der Waals surface area contributed by atoms with Crippen molar-refractivity contribution in [3.8, 4) is 0 Å². The summed E-state index contributed by atoms with van der Waals surface area (Å²) in [6.45, 7) is 5.10. The summed E-state index contributed by atoms with van der Waals surface area (Å²) >= 11 is 0. The van der Waals surface area contributed by atoms with Crippen LogP contribution in [0.2, 0.25) is 0 Å². The molecule has 16 heavy (non-hydrogen) atoms. The van der Waals surface area contributed by atoms with E-state index in [2.05, 4.69) is 13.8 Å². The zero-order valence-electron chi connectivity index (χ0n) is 10.4. The van der Waals surface area contributed by atoms with Crippen LogP contribution < -0.4 is 0 Å². The van der Waals surface area contributed by atoms with Crippen molar-refractivity contribution in [1.82, 2.24) is 0 Å². The number of hydrogen-bond donors (Lipinski definition) is 0. The van der Waals surface area contributed by atoms with E-state index in [1.165, 1.54) is 19.3 Å². The van der Waals surface area contributed by atoms with Gasteiger partial charge in [-0.1, -0.05) is 33.1 Å². The molecule has 1 fully saturated rings. The van der Waals surface area contributed by atoms with Gasteiger partial charge in [0.2, 0.25) is 0 Å². The first kappa shape index (κ1) is 14.0. The Balaban J connectivity index is 2.23. The second kappa shape index (κ2) is 6.60. The fourth-order valence-electron chi connectivity index (χ4n) is 2.06. The maximum Gasteiger partial charge on any atom is 0.152 e. The van der Waals surface area contributed by atoms with Crippen LogP contribution in [0.5, 0.6) is 0 Å². The largest absolute Gasteiger partial charge is 0.377 e. The first-order valence-electron chi connectivity index (χ1n) is 6.39. The summed E-state index contributed by atoms with van der Waals surface area (Å²) < 4.78 is 28.2. The minimum Gasteiger partial charge on any atom is -0.377 e. The Bertz CT molecular complexity index is 285. The number of ether oxygens (including phenoxy) is 1. The highest BCUT2D eigenvalue weighted by molar-refractivity contribution is 7.91. The normalized spacial score (nSPS) is 25.8. The second-order valence-corrected chi connectivity index (χ2v) is 7.00. The van der Waals surface area contributed by atoms with Gasteiger partial charge in [-0.05, 0) is 18.8 Å². The van der Waals surface area contributed by atoms with Gasteiger partial charge in [0.15, 0.2) is 9.84 Å². The topological polar surface area (TPSA) is 43.4 Å². The van der Waals surface area contributed by atoms with Crippen LogP contribution in [0.4, 0.5) is 0 Å². The van der Waals surface area contributed by atoms with Gasteiger partial charge in [0, 0.05) is 6.61 Å². The molecule has 0 spiro atoms. The van der Waals surface area contributed by atoms with Gasteiger partial charge in [0.25, 0.3) is 0 Å². The second-order valence-electron chi connectivity index (χ2n) is 4.77. The molecule has 0 aliphatic carbocycles. The molecule has 4 heteroatoms. The molecule has 0 aromatic heterocycles. The highest BCUT2D eigenvalue weighted by atomic mass is 32.2. The lowest BCUT2D eigenvalue weighted by Gasteiger charge is -2.17. The predicted molar refractivity (Wildman–Crippen MR) is 66.3 cm³/mol. The van der Waals surface area contributed by atoms with Gasteiger partial charge in [-0.2, -0.15) is 0 Å². The molecule has 0 aromatic rings. The minimum atomic E-state index is -2.79. The SMILES string of the molecule is CCCC[C@H](CC)CO[C@H]1CCS(=O)(=O)C1. The van der Waals surface area contributed by atoms with Gasteiger partial charge in [-0.15, -0.1) is 0 Å². The van der Waals surface area contributed by atoms with Crippen LogP contribution in [0, 0.1) is 5.92 Å². The van der Waals surface area contributed by atoms with Crippen molar-refractivity contribution in [3.05, 3.63) is 0 Å². The van der Waals surface area contributed by atoms with Crippen molar-refractivity contribution in [2.45, 2.75) is 52.1 Å². The van der Waals surface area contributed by atoms with Gasteiger partial charge < -0.3 is 4.74 Å². The van der Waals surface area contributed by atoms with Crippen LogP contribution >= 0.6 is 0 Å². The van der Waals surface area contributed by atoms with E-state index < -0.39 is 9.84 Å². The molecule has 0 aromatic carbocycles. The fraction of sp³-hybridized carbons (Fsp3) is 1.00. The van der Waals surface area contributed by atoms with E-state index in [0.29, 0.717) is 18.1 Å². The maximum absolute atomic E-state index is 11.2. The highest BCUT2D eigenvalue weighted by Crippen LogP contribution is 2.18. The molecule has 1 heterocycles. The monoisotopic (exact) mass is 248 g/mol. The zero-order valence-corrected chi connectivity index (χ0v) is 11.3.